The maximum Gasteiger partial charge on any atom is 0.325 e. The average Bonchev–Trinajstić information content (AvgIpc) is 3.29. The number of thiophene rings is 1. The normalized spacial score (nSPS) is 21.9. The number of hydrogen-bond donors (Lipinski definition) is 1. The molecule has 1 spiro atoms. The fraction of sp³-hybridized carbons (Fsp3) is 0.636. The van der Waals surface area contributed by atoms with Crippen LogP contribution in [0.1, 0.15) is 54.1 Å². The van der Waals surface area contributed by atoms with E-state index in [0.717, 1.165) is 9.75 Å². The van der Waals surface area contributed by atoms with Crippen LogP contribution in [0.3, 0.4) is 0 Å². The van der Waals surface area contributed by atoms with Gasteiger partial charge in [0.25, 0.3) is 11.8 Å². The van der Waals surface area contributed by atoms with Crippen molar-refractivity contribution >= 4 is 35.1 Å². The zero-order valence-corrected chi connectivity index (χ0v) is 19.2. The lowest BCUT2D eigenvalue weighted by molar-refractivity contribution is -0.141. The molecule has 1 N–H and O–H groups in total. The van der Waals surface area contributed by atoms with Crippen molar-refractivity contribution in [2.24, 2.45) is 5.92 Å². The summed E-state index contributed by atoms with van der Waals surface area (Å²) in [6.45, 7) is 7.72. The van der Waals surface area contributed by atoms with Crippen LogP contribution in [0.25, 0.3) is 0 Å². The van der Waals surface area contributed by atoms with Gasteiger partial charge in [0.1, 0.15) is 5.54 Å². The highest BCUT2D eigenvalue weighted by atomic mass is 32.1. The van der Waals surface area contributed by atoms with Gasteiger partial charge in [-0.2, -0.15) is 0 Å². The molecule has 168 valence electrons. The van der Waals surface area contributed by atoms with E-state index in [2.05, 4.69) is 5.32 Å². The van der Waals surface area contributed by atoms with Crippen LogP contribution < -0.4 is 5.32 Å². The van der Waals surface area contributed by atoms with Crippen LogP contribution in [-0.2, 0) is 9.59 Å². The number of imide groups is 1. The van der Waals surface area contributed by atoms with Crippen LogP contribution in [0.4, 0.5) is 4.79 Å². The minimum atomic E-state index is -0.897. The maximum atomic E-state index is 13.3. The number of likely N-dealkylation sites (tertiary alicyclic amines) is 2. The Bertz CT molecular complexity index is 895. The van der Waals surface area contributed by atoms with Gasteiger partial charge in [-0.15, -0.1) is 11.3 Å². The number of nitrogens with zero attached hydrogens (tertiary/aromatic N) is 3. The molecule has 3 saturated heterocycles. The number of rotatable bonds is 3. The quantitative estimate of drug-likeness (QED) is 0.721. The Morgan fingerprint density at radius 1 is 1.06 bits per heavy atom. The van der Waals surface area contributed by atoms with E-state index >= 15 is 0 Å². The van der Waals surface area contributed by atoms with Gasteiger partial charge in [-0.25, -0.2) is 4.79 Å². The van der Waals surface area contributed by atoms with E-state index in [9.17, 15) is 19.2 Å². The van der Waals surface area contributed by atoms with Crippen LogP contribution in [-0.4, -0.2) is 76.2 Å². The van der Waals surface area contributed by atoms with Gasteiger partial charge >= 0.3 is 6.03 Å². The molecule has 5 amide bonds. The molecule has 0 aromatic carbocycles. The second kappa shape index (κ2) is 8.26. The van der Waals surface area contributed by atoms with Gasteiger partial charge in [0.2, 0.25) is 5.91 Å². The minimum Gasteiger partial charge on any atom is -0.342 e. The summed E-state index contributed by atoms with van der Waals surface area (Å²) in [7, 11) is 0. The molecule has 9 heteroatoms. The van der Waals surface area contributed by atoms with E-state index in [4.69, 9.17) is 0 Å². The van der Waals surface area contributed by atoms with Crippen molar-refractivity contribution in [3.05, 3.63) is 21.9 Å². The zero-order valence-electron chi connectivity index (χ0n) is 18.3. The van der Waals surface area contributed by atoms with Crippen LogP contribution in [0.2, 0.25) is 0 Å². The van der Waals surface area contributed by atoms with Gasteiger partial charge in [-0.1, -0.05) is 13.8 Å². The van der Waals surface area contributed by atoms with Crippen molar-refractivity contribution in [2.45, 2.75) is 58.0 Å². The summed E-state index contributed by atoms with van der Waals surface area (Å²) in [6.07, 6.45) is 2.07. The third-order valence-corrected chi connectivity index (χ3v) is 7.67. The molecule has 3 fully saturated rings. The average molecular weight is 447 g/mol. The predicted octanol–water partition coefficient (Wildman–Crippen LogP) is 2.23. The summed E-state index contributed by atoms with van der Waals surface area (Å²) in [4.78, 5) is 57.8. The third kappa shape index (κ3) is 3.95. The molecule has 31 heavy (non-hydrogen) atoms. The highest BCUT2D eigenvalue weighted by Crippen LogP contribution is 2.33. The number of urea groups is 1. The lowest BCUT2D eigenvalue weighted by Crippen LogP contribution is -2.57. The Hall–Kier alpha value is -2.42. The SMILES string of the molecule is Cc1ccc(C(=O)N2CCC(N3C(=O)NC4(CCN(C(=O)C(C)C)CC4)C3=O)CC2)s1. The Balaban J connectivity index is 1.37. The van der Waals surface area contributed by atoms with Gasteiger partial charge < -0.3 is 15.1 Å². The van der Waals surface area contributed by atoms with Gasteiger partial charge in [0.05, 0.1) is 4.88 Å². The van der Waals surface area contributed by atoms with Crippen LogP contribution in [0, 0.1) is 12.8 Å². The molecule has 0 radical (unpaired) electrons. The summed E-state index contributed by atoms with van der Waals surface area (Å²) < 4.78 is 0. The van der Waals surface area contributed by atoms with Crippen molar-refractivity contribution in [2.75, 3.05) is 26.2 Å². The first kappa shape index (κ1) is 21.8. The summed E-state index contributed by atoms with van der Waals surface area (Å²) in [5.41, 5.74) is -0.897. The highest BCUT2D eigenvalue weighted by Gasteiger charge is 2.54. The molecule has 0 unspecified atom stereocenters. The van der Waals surface area contributed by atoms with E-state index in [-0.39, 0.29) is 35.7 Å². The van der Waals surface area contributed by atoms with Crippen LogP contribution in [0.15, 0.2) is 12.1 Å². The standard InChI is InChI=1S/C22H30N4O4S/c1-14(2)18(27)25-12-8-22(9-13-25)20(29)26(21(30)23-22)16-6-10-24(11-7-16)19(28)17-5-4-15(3)31-17/h4-5,14,16H,6-13H2,1-3H3,(H,23,30). The fourth-order valence-electron chi connectivity index (χ4n) is 4.82. The first-order valence-electron chi connectivity index (χ1n) is 11.0. The zero-order chi connectivity index (χ0) is 22.3. The number of carbonyl (C=O) groups is 4. The molecule has 0 aliphatic carbocycles. The molecular weight excluding hydrogens is 416 g/mol. The van der Waals surface area contributed by atoms with E-state index in [1.165, 1.54) is 16.2 Å². The van der Waals surface area contributed by atoms with Gasteiger partial charge in [0.15, 0.2) is 0 Å². The summed E-state index contributed by atoms with van der Waals surface area (Å²) in [6, 6.07) is 3.26. The molecule has 0 saturated carbocycles. The molecular formula is C22H30N4O4S. The number of hydrogen-bond acceptors (Lipinski definition) is 5. The van der Waals surface area contributed by atoms with E-state index in [1.54, 1.807) is 4.90 Å². The molecule has 8 nitrogen and oxygen atoms in total. The molecule has 0 atom stereocenters. The van der Waals surface area contributed by atoms with E-state index in [0.29, 0.717) is 51.9 Å². The number of amides is 5. The first-order chi connectivity index (χ1) is 14.7. The molecule has 4 heterocycles. The Morgan fingerprint density at radius 2 is 1.71 bits per heavy atom. The van der Waals surface area contributed by atoms with Crippen molar-refractivity contribution in [3.63, 3.8) is 0 Å². The molecule has 1 aromatic rings. The number of piperidine rings is 2. The van der Waals surface area contributed by atoms with Gasteiger partial charge in [0, 0.05) is 43.0 Å². The predicted molar refractivity (Wildman–Crippen MR) is 117 cm³/mol. The second-order valence-electron chi connectivity index (χ2n) is 9.10. The van der Waals surface area contributed by atoms with Crippen molar-refractivity contribution in [1.82, 2.24) is 20.0 Å². The van der Waals surface area contributed by atoms with Crippen molar-refractivity contribution < 1.29 is 19.2 Å². The fourth-order valence-corrected chi connectivity index (χ4v) is 5.65. The lowest BCUT2D eigenvalue weighted by Gasteiger charge is -2.39. The van der Waals surface area contributed by atoms with Crippen LogP contribution >= 0.6 is 11.3 Å². The Labute approximate surface area is 186 Å². The Morgan fingerprint density at radius 3 is 2.26 bits per heavy atom. The smallest absolute Gasteiger partial charge is 0.325 e. The van der Waals surface area contributed by atoms with Gasteiger partial charge in [-0.3, -0.25) is 19.3 Å². The highest BCUT2D eigenvalue weighted by molar-refractivity contribution is 7.13. The molecule has 0 bridgehead atoms. The molecule has 4 rings (SSSR count). The Kier molecular flexibility index (Phi) is 5.81. The number of carbonyl (C=O) groups excluding carboxylic acids is 4. The minimum absolute atomic E-state index is 0.0208. The third-order valence-electron chi connectivity index (χ3n) is 6.68. The number of nitrogens with one attached hydrogen (secondary N) is 1. The van der Waals surface area contributed by atoms with E-state index in [1.807, 2.05) is 37.8 Å². The topological polar surface area (TPSA) is 90.0 Å². The number of aryl methyl sites for hydroxylation is 1. The monoisotopic (exact) mass is 446 g/mol. The summed E-state index contributed by atoms with van der Waals surface area (Å²) in [5.74, 6) is -0.146. The molecule has 3 aliphatic heterocycles. The molecule has 3 aliphatic rings. The largest absolute Gasteiger partial charge is 0.342 e. The maximum absolute atomic E-state index is 13.3. The van der Waals surface area contributed by atoms with Crippen LogP contribution in [0.5, 0.6) is 0 Å². The van der Waals surface area contributed by atoms with Crippen molar-refractivity contribution in [1.29, 1.82) is 0 Å². The summed E-state index contributed by atoms with van der Waals surface area (Å²) in [5, 5.41) is 2.94. The van der Waals surface area contributed by atoms with E-state index < -0.39 is 5.54 Å². The lowest BCUT2D eigenvalue weighted by atomic mass is 9.86. The van der Waals surface area contributed by atoms with Crippen molar-refractivity contribution in [3.8, 4) is 0 Å². The second-order valence-corrected chi connectivity index (χ2v) is 10.4. The first-order valence-corrected chi connectivity index (χ1v) is 11.8. The molecule has 1 aromatic heterocycles. The summed E-state index contributed by atoms with van der Waals surface area (Å²) >= 11 is 1.49. The van der Waals surface area contributed by atoms with Gasteiger partial charge in [-0.05, 0) is 44.7 Å².